The zero-order valence-corrected chi connectivity index (χ0v) is 15.0. The number of nitrogens with zero attached hydrogens (tertiary/aromatic N) is 4. The molecule has 4 rings (SSSR count). The van der Waals surface area contributed by atoms with E-state index in [9.17, 15) is 4.79 Å². The van der Waals surface area contributed by atoms with Gasteiger partial charge in [0.2, 0.25) is 0 Å². The molecule has 2 aliphatic rings. The van der Waals surface area contributed by atoms with Gasteiger partial charge in [0.05, 0.1) is 6.04 Å². The van der Waals surface area contributed by atoms with Crippen molar-refractivity contribution in [1.29, 1.82) is 0 Å². The minimum Gasteiger partial charge on any atom is -0.480 e. The summed E-state index contributed by atoms with van der Waals surface area (Å²) >= 11 is 0. The van der Waals surface area contributed by atoms with Crippen LogP contribution in [-0.4, -0.2) is 44.8 Å². The quantitative estimate of drug-likeness (QED) is 0.843. The number of piperidine rings is 1. The molecule has 3 atom stereocenters. The molecule has 3 heterocycles. The summed E-state index contributed by atoms with van der Waals surface area (Å²) < 4.78 is 7.95. The topological polar surface area (TPSA) is 60.2 Å². The number of para-hydroxylation sites is 1. The lowest BCUT2D eigenvalue weighted by molar-refractivity contribution is -0.140. The van der Waals surface area contributed by atoms with Gasteiger partial charge in [-0.2, -0.15) is 5.10 Å². The average molecular weight is 340 g/mol. The molecule has 2 aromatic rings. The third-order valence-electron chi connectivity index (χ3n) is 5.32. The SMILES string of the molecule is Cc1nc(C)n([C@@H]2CCCN(C(=O)[C@@H]3Oc4ccccc4[C@@H]3C)C2)n1. The van der Waals surface area contributed by atoms with Crippen molar-refractivity contribution in [1.82, 2.24) is 19.7 Å². The van der Waals surface area contributed by atoms with E-state index < -0.39 is 6.10 Å². The minimum atomic E-state index is -0.422. The van der Waals surface area contributed by atoms with Crippen molar-refractivity contribution in [3.63, 3.8) is 0 Å². The van der Waals surface area contributed by atoms with Crippen LogP contribution in [0.5, 0.6) is 5.75 Å². The molecule has 1 fully saturated rings. The van der Waals surface area contributed by atoms with E-state index in [0.29, 0.717) is 6.54 Å². The van der Waals surface area contributed by atoms with Gasteiger partial charge in [-0.1, -0.05) is 25.1 Å². The number of hydrogen-bond acceptors (Lipinski definition) is 4. The number of aromatic nitrogens is 3. The first kappa shape index (κ1) is 16.1. The molecule has 132 valence electrons. The fraction of sp³-hybridized carbons (Fsp3) is 0.526. The van der Waals surface area contributed by atoms with Crippen LogP contribution in [0.25, 0.3) is 0 Å². The maximum atomic E-state index is 13.1. The molecule has 0 radical (unpaired) electrons. The van der Waals surface area contributed by atoms with Crippen molar-refractivity contribution < 1.29 is 9.53 Å². The summed E-state index contributed by atoms with van der Waals surface area (Å²) in [6.45, 7) is 7.40. The van der Waals surface area contributed by atoms with Crippen molar-refractivity contribution in [2.24, 2.45) is 0 Å². The Kier molecular flexibility index (Phi) is 3.98. The molecule has 25 heavy (non-hydrogen) atoms. The highest BCUT2D eigenvalue weighted by molar-refractivity contribution is 5.83. The molecule has 0 bridgehead atoms. The van der Waals surface area contributed by atoms with Gasteiger partial charge in [0.15, 0.2) is 6.10 Å². The van der Waals surface area contributed by atoms with Gasteiger partial charge in [0.25, 0.3) is 5.91 Å². The maximum Gasteiger partial charge on any atom is 0.264 e. The van der Waals surface area contributed by atoms with E-state index in [4.69, 9.17) is 4.74 Å². The summed E-state index contributed by atoms with van der Waals surface area (Å²) in [6, 6.07) is 8.13. The van der Waals surface area contributed by atoms with Crippen LogP contribution in [0, 0.1) is 13.8 Å². The number of amides is 1. The van der Waals surface area contributed by atoms with Gasteiger partial charge in [-0.3, -0.25) is 4.79 Å². The lowest BCUT2D eigenvalue weighted by Gasteiger charge is -2.35. The van der Waals surface area contributed by atoms with Crippen LogP contribution in [0.2, 0.25) is 0 Å². The Balaban J connectivity index is 1.50. The standard InChI is InChI=1S/C19H24N4O2/c1-12-16-8-4-5-9-17(16)25-18(12)19(24)22-10-6-7-15(11-22)23-14(3)20-13(2)21-23/h4-5,8-9,12,15,18H,6-7,10-11H2,1-3H3/t12-,15+,18+/m0/s1. The van der Waals surface area contributed by atoms with Crippen LogP contribution in [-0.2, 0) is 4.79 Å². The van der Waals surface area contributed by atoms with E-state index in [1.165, 1.54) is 0 Å². The van der Waals surface area contributed by atoms with Gasteiger partial charge in [-0.05, 0) is 32.8 Å². The van der Waals surface area contributed by atoms with Crippen LogP contribution in [0.3, 0.4) is 0 Å². The van der Waals surface area contributed by atoms with Gasteiger partial charge >= 0.3 is 0 Å². The second-order valence-corrected chi connectivity index (χ2v) is 7.10. The molecule has 0 aliphatic carbocycles. The smallest absolute Gasteiger partial charge is 0.264 e. The highest BCUT2D eigenvalue weighted by atomic mass is 16.5. The molecule has 0 saturated carbocycles. The van der Waals surface area contributed by atoms with E-state index in [1.807, 2.05) is 47.7 Å². The summed E-state index contributed by atoms with van der Waals surface area (Å²) in [6.07, 6.45) is 1.58. The zero-order chi connectivity index (χ0) is 17.6. The maximum absolute atomic E-state index is 13.1. The third-order valence-corrected chi connectivity index (χ3v) is 5.32. The first-order valence-electron chi connectivity index (χ1n) is 8.98. The Morgan fingerprint density at radius 2 is 2.08 bits per heavy atom. The van der Waals surface area contributed by atoms with Crippen molar-refractivity contribution in [3.8, 4) is 5.75 Å². The Labute approximate surface area is 147 Å². The molecule has 0 N–H and O–H groups in total. The van der Waals surface area contributed by atoms with Crippen molar-refractivity contribution in [3.05, 3.63) is 41.5 Å². The summed E-state index contributed by atoms with van der Waals surface area (Å²) in [5.41, 5.74) is 1.12. The van der Waals surface area contributed by atoms with E-state index in [1.54, 1.807) is 0 Å². The van der Waals surface area contributed by atoms with Crippen LogP contribution in [0.4, 0.5) is 0 Å². The lowest BCUT2D eigenvalue weighted by atomic mass is 9.96. The first-order valence-corrected chi connectivity index (χ1v) is 8.98. The molecule has 0 unspecified atom stereocenters. The normalized spacial score (nSPS) is 25.6. The van der Waals surface area contributed by atoms with E-state index in [0.717, 1.165) is 42.3 Å². The first-order chi connectivity index (χ1) is 12.0. The van der Waals surface area contributed by atoms with Crippen molar-refractivity contribution in [2.75, 3.05) is 13.1 Å². The molecular formula is C19H24N4O2. The molecule has 1 aromatic heterocycles. The number of rotatable bonds is 2. The molecule has 1 amide bonds. The van der Waals surface area contributed by atoms with Crippen LogP contribution >= 0.6 is 0 Å². The molecule has 1 saturated heterocycles. The number of carbonyl (C=O) groups excluding carboxylic acids is 1. The number of likely N-dealkylation sites (tertiary alicyclic amines) is 1. The van der Waals surface area contributed by atoms with Gasteiger partial charge in [0, 0.05) is 24.6 Å². The van der Waals surface area contributed by atoms with Crippen LogP contribution < -0.4 is 4.74 Å². The fourth-order valence-corrected chi connectivity index (χ4v) is 4.05. The number of aryl methyl sites for hydroxylation is 2. The van der Waals surface area contributed by atoms with Crippen LogP contribution in [0.1, 0.15) is 48.9 Å². The Bertz CT molecular complexity index is 800. The molecule has 2 aliphatic heterocycles. The summed E-state index contributed by atoms with van der Waals surface area (Å²) in [5, 5.41) is 4.51. The van der Waals surface area contributed by atoms with Gasteiger partial charge < -0.3 is 9.64 Å². The highest BCUT2D eigenvalue weighted by Crippen LogP contribution is 2.38. The van der Waals surface area contributed by atoms with E-state index >= 15 is 0 Å². The predicted octanol–water partition coefficient (Wildman–Crippen LogP) is 2.62. The van der Waals surface area contributed by atoms with E-state index in [2.05, 4.69) is 17.0 Å². The number of hydrogen-bond donors (Lipinski definition) is 0. The summed E-state index contributed by atoms with van der Waals surface area (Å²) in [4.78, 5) is 19.4. The average Bonchev–Trinajstić information content (AvgIpc) is 3.14. The number of carbonyl (C=O) groups is 1. The molecule has 6 heteroatoms. The van der Waals surface area contributed by atoms with Crippen molar-refractivity contribution >= 4 is 5.91 Å². The third kappa shape index (κ3) is 2.79. The second kappa shape index (κ2) is 6.17. The highest BCUT2D eigenvalue weighted by Gasteiger charge is 2.40. The Morgan fingerprint density at radius 1 is 1.28 bits per heavy atom. The Morgan fingerprint density at radius 3 is 2.80 bits per heavy atom. The molecular weight excluding hydrogens is 316 g/mol. The predicted molar refractivity (Wildman–Crippen MR) is 93.6 cm³/mol. The second-order valence-electron chi connectivity index (χ2n) is 7.10. The number of ether oxygens (including phenoxy) is 1. The molecule has 6 nitrogen and oxygen atoms in total. The van der Waals surface area contributed by atoms with Gasteiger partial charge in [0.1, 0.15) is 17.4 Å². The summed E-state index contributed by atoms with van der Waals surface area (Å²) in [5.74, 6) is 2.70. The fourth-order valence-electron chi connectivity index (χ4n) is 4.05. The van der Waals surface area contributed by atoms with Crippen molar-refractivity contribution in [2.45, 2.75) is 51.7 Å². The summed E-state index contributed by atoms with van der Waals surface area (Å²) in [7, 11) is 0. The molecule has 1 aromatic carbocycles. The monoisotopic (exact) mass is 340 g/mol. The van der Waals surface area contributed by atoms with Crippen LogP contribution in [0.15, 0.2) is 24.3 Å². The lowest BCUT2D eigenvalue weighted by Crippen LogP contribution is -2.47. The Hall–Kier alpha value is -2.37. The zero-order valence-electron chi connectivity index (χ0n) is 15.0. The van der Waals surface area contributed by atoms with E-state index in [-0.39, 0.29) is 17.9 Å². The number of fused-ring (bicyclic) bond motifs is 1. The molecule has 0 spiro atoms. The minimum absolute atomic E-state index is 0.0828. The van der Waals surface area contributed by atoms with Gasteiger partial charge in [-0.25, -0.2) is 9.67 Å². The van der Waals surface area contributed by atoms with Gasteiger partial charge in [-0.15, -0.1) is 0 Å². The number of benzene rings is 1. The largest absolute Gasteiger partial charge is 0.480 e.